The first-order valence-corrected chi connectivity index (χ1v) is 7.17. The summed E-state index contributed by atoms with van der Waals surface area (Å²) in [5, 5.41) is 9.32. The van der Waals surface area contributed by atoms with Crippen LogP contribution in [-0.4, -0.2) is 11.1 Å². The molecule has 1 unspecified atom stereocenters. The minimum absolute atomic E-state index is 0.0553. The van der Waals surface area contributed by atoms with Crippen molar-refractivity contribution in [3.8, 4) is 0 Å². The van der Waals surface area contributed by atoms with Crippen LogP contribution in [0.25, 0.3) is 0 Å². The second-order valence-electron chi connectivity index (χ2n) is 4.77. The molecule has 0 saturated carbocycles. The van der Waals surface area contributed by atoms with E-state index in [1.807, 2.05) is 24.3 Å². The van der Waals surface area contributed by atoms with E-state index in [1.165, 1.54) is 0 Å². The fraction of sp³-hybridized carbons (Fsp3) is 0.188. The van der Waals surface area contributed by atoms with Gasteiger partial charge in [-0.3, -0.25) is 4.79 Å². The second-order valence-corrected chi connectivity index (χ2v) is 5.62. The third kappa shape index (κ3) is 4.11. The lowest BCUT2D eigenvalue weighted by molar-refractivity contribution is -0.141. The van der Waals surface area contributed by atoms with Crippen molar-refractivity contribution in [3.63, 3.8) is 0 Å². The van der Waals surface area contributed by atoms with Gasteiger partial charge in [0.2, 0.25) is 0 Å². The molecule has 0 heterocycles. The van der Waals surface area contributed by atoms with Gasteiger partial charge < -0.3 is 5.11 Å². The molecular formula is C16H13BrF2O2. The van der Waals surface area contributed by atoms with E-state index in [2.05, 4.69) is 15.9 Å². The van der Waals surface area contributed by atoms with Gasteiger partial charge in [-0.15, -0.1) is 0 Å². The molecule has 5 heteroatoms. The van der Waals surface area contributed by atoms with Gasteiger partial charge in [0.25, 0.3) is 0 Å². The van der Waals surface area contributed by atoms with Gasteiger partial charge in [0, 0.05) is 4.47 Å². The number of aliphatic carboxylic acids is 1. The van der Waals surface area contributed by atoms with E-state index >= 15 is 0 Å². The summed E-state index contributed by atoms with van der Waals surface area (Å²) in [6, 6.07) is 10.3. The Hall–Kier alpha value is -1.75. The first kappa shape index (κ1) is 15.6. The molecule has 0 aliphatic heterocycles. The van der Waals surface area contributed by atoms with Crippen molar-refractivity contribution in [1.82, 2.24) is 0 Å². The van der Waals surface area contributed by atoms with Crippen molar-refractivity contribution >= 4 is 21.9 Å². The van der Waals surface area contributed by atoms with Gasteiger partial charge in [-0.25, -0.2) is 8.78 Å². The van der Waals surface area contributed by atoms with E-state index in [-0.39, 0.29) is 18.4 Å². The lowest BCUT2D eigenvalue weighted by Crippen LogP contribution is -2.20. The molecule has 110 valence electrons. The van der Waals surface area contributed by atoms with Crippen LogP contribution in [0.5, 0.6) is 0 Å². The standard InChI is InChI=1S/C16H13BrF2O2/c17-14-4-2-1-3-10(14)7-12(16(20)21)8-11-9-13(18)5-6-15(11)19/h1-6,9,12H,7-8H2,(H,20,21). The van der Waals surface area contributed by atoms with Crippen LogP contribution in [0.4, 0.5) is 8.78 Å². The highest BCUT2D eigenvalue weighted by atomic mass is 79.9. The summed E-state index contributed by atoms with van der Waals surface area (Å²) in [5.74, 6) is -3.01. The number of carboxylic acid groups (broad SMARTS) is 1. The summed E-state index contributed by atoms with van der Waals surface area (Å²) in [4.78, 5) is 11.4. The molecule has 0 spiro atoms. The third-order valence-electron chi connectivity index (χ3n) is 3.25. The molecule has 21 heavy (non-hydrogen) atoms. The van der Waals surface area contributed by atoms with Crippen LogP contribution in [0.15, 0.2) is 46.9 Å². The van der Waals surface area contributed by atoms with E-state index in [1.54, 1.807) is 0 Å². The van der Waals surface area contributed by atoms with Gasteiger partial charge in [-0.1, -0.05) is 34.1 Å². The van der Waals surface area contributed by atoms with Gasteiger partial charge in [0.1, 0.15) is 11.6 Å². The van der Waals surface area contributed by atoms with E-state index in [0.717, 1.165) is 28.2 Å². The number of rotatable bonds is 5. The average molecular weight is 355 g/mol. The number of benzene rings is 2. The number of carbonyl (C=O) groups is 1. The van der Waals surface area contributed by atoms with Crippen LogP contribution >= 0.6 is 15.9 Å². The smallest absolute Gasteiger partial charge is 0.307 e. The second kappa shape index (κ2) is 6.80. The van der Waals surface area contributed by atoms with Crippen molar-refractivity contribution in [2.75, 3.05) is 0 Å². The zero-order valence-corrected chi connectivity index (χ0v) is 12.6. The Balaban J connectivity index is 2.22. The maximum Gasteiger partial charge on any atom is 0.307 e. The Morgan fingerprint density at radius 3 is 2.43 bits per heavy atom. The highest BCUT2D eigenvalue weighted by Gasteiger charge is 2.21. The molecule has 0 radical (unpaired) electrons. The molecule has 0 saturated heterocycles. The van der Waals surface area contributed by atoms with E-state index < -0.39 is 23.5 Å². The molecular weight excluding hydrogens is 342 g/mol. The molecule has 2 aromatic carbocycles. The molecule has 2 aromatic rings. The van der Waals surface area contributed by atoms with Crippen LogP contribution in [-0.2, 0) is 17.6 Å². The number of hydrogen-bond acceptors (Lipinski definition) is 1. The Morgan fingerprint density at radius 1 is 1.10 bits per heavy atom. The molecule has 2 rings (SSSR count). The van der Waals surface area contributed by atoms with Crippen LogP contribution in [0.1, 0.15) is 11.1 Å². The fourth-order valence-electron chi connectivity index (χ4n) is 2.14. The quantitative estimate of drug-likeness (QED) is 0.872. The lowest BCUT2D eigenvalue weighted by atomic mass is 9.92. The van der Waals surface area contributed by atoms with Crippen molar-refractivity contribution in [2.45, 2.75) is 12.8 Å². The Kier molecular flexibility index (Phi) is 5.07. The minimum atomic E-state index is -1.03. The van der Waals surface area contributed by atoms with Crippen LogP contribution in [0, 0.1) is 17.6 Å². The monoisotopic (exact) mass is 354 g/mol. The van der Waals surface area contributed by atoms with Gasteiger partial charge in [0.15, 0.2) is 0 Å². The summed E-state index contributed by atoms with van der Waals surface area (Å²) < 4.78 is 27.6. The summed E-state index contributed by atoms with van der Waals surface area (Å²) in [5.41, 5.74) is 0.899. The van der Waals surface area contributed by atoms with Crippen LogP contribution in [0.2, 0.25) is 0 Å². The molecule has 1 N–H and O–H groups in total. The zero-order valence-electron chi connectivity index (χ0n) is 11.0. The molecule has 2 nitrogen and oxygen atoms in total. The summed E-state index contributed by atoms with van der Waals surface area (Å²) in [7, 11) is 0. The van der Waals surface area contributed by atoms with Gasteiger partial charge in [-0.05, 0) is 48.2 Å². The van der Waals surface area contributed by atoms with E-state index in [9.17, 15) is 18.7 Å². The lowest BCUT2D eigenvalue weighted by Gasteiger charge is -2.14. The normalized spacial score (nSPS) is 12.1. The fourth-order valence-corrected chi connectivity index (χ4v) is 2.59. The summed E-state index contributed by atoms with van der Waals surface area (Å²) in [6.45, 7) is 0. The largest absolute Gasteiger partial charge is 0.481 e. The maximum atomic E-state index is 13.6. The van der Waals surface area contributed by atoms with Gasteiger partial charge >= 0.3 is 5.97 Å². The maximum absolute atomic E-state index is 13.6. The highest BCUT2D eigenvalue weighted by molar-refractivity contribution is 9.10. The van der Waals surface area contributed by atoms with E-state index in [0.29, 0.717) is 0 Å². The van der Waals surface area contributed by atoms with Crippen molar-refractivity contribution in [3.05, 3.63) is 69.7 Å². The average Bonchev–Trinajstić information content (AvgIpc) is 2.44. The number of halogens is 3. The summed E-state index contributed by atoms with van der Waals surface area (Å²) >= 11 is 3.36. The Bertz CT molecular complexity index is 658. The van der Waals surface area contributed by atoms with Gasteiger partial charge in [-0.2, -0.15) is 0 Å². The van der Waals surface area contributed by atoms with Crippen LogP contribution in [0.3, 0.4) is 0 Å². The topological polar surface area (TPSA) is 37.3 Å². The molecule has 0 aliphatic rings. The zero-order chi connectivity index (χ0) is 15.4. The Labute approximate surface area is 129 Å². The predicted molar refractivity (Wildman–Crippen MR) is 79.0 cm³/mol. The summed E-state index contributed by atoms with van der Waals surface area (Å²) in [6.07, 6.45) is 0.187. The number of hydrogen-bond donors (Lipinski definition) is 1. The van der Waals surface area contributed by atoms with Crippen molar-refractivity contribution < 1.29 is 18.7 Å². The van der Waals surface area contributed by atoms with E-state index in [4.69, 9.17) is 0 Å². The molecule has 0 aromatic heterocycles. The van der Waals surface area contributed by atoms with Crippen molar-refractivity contribution in [1.29, 1.82) is 0 Å². The highest BCUT2D eigenvalue weighted by Crippen LogP contribution is 2.23. The van der Waals surface area contributed by atoms with Crippen molar-refractivity contribution in [2.24, 2.45) is 5.92 Å². The molecule has 1 atom stereocenters. The first-order chi connectivity index (χ1) is 9.97. The molecule has 0 bridgehead atoms. The predicted octanol–water partition coefficient (Wildman–Crippen LogP) is 4.21. The first-order valence-electron chi connectivity index (χ1n) is 6.37. The third-order valence-corrected chi connectivity index (χ3v) is 4.02. The minimum Gasteiger partial charge on any atom is -0.481 e. The Morgan fingerprint density at radius 2 is 1.76 bits per heavy atom. The van der Waals surface area contributed by atoms with Crippen LogP contribution < -0.4 is 0 Å². The SMILES string of the molecule is O=C(O)C(Cc1cc(F)ccc1F)Cc1ccccc1Br. The molecule has 0 fully saturated rings. The number of carboxylic acids is 1. The molecule has 0 amide bonds. The van der Waals surface area contributed by atoms with Gasteiger partial charge in [0.05, 0.1) is 5.92 Å². The molecule has 0 aliphatic carbocycles.